The summed E-state index contributed by atoms with van der Waals surface area (Å²) in [5.74, 6) is -1.81. The van der Waals surface area contributed by atoms with Gasteiger partial charge in [0, 0.05) is 13.1 Å². The van der Waals surface area contributed by atoms with Crippen LogP contribution in [0.3, 0.4) is 0 Å². The average molecular weight is 351 g/mol. The highest BCUT2D eigenvalue weighted by atomic mass is 32.2. The molecule has 9 heteroatoms. The van der Waals surface area contributed by atoms with Crippen LogP contribution in [-0.2, 0) is 21.2 Å². The third kappa shape index (κ3) is 4.44. The molecule has 1 heterocycles. The molecular weight excluding hydrogens is 335 g/mol. The molecule has 1 N–H and O–H groups in total. The normalized spacial score (nSPS) is 20.4. The van der Waals surface area contributed by atoms with Crippen LogP contribution in [0.15, 0.2) is 29.2 Å². The van der Waals surface area contributed by atoms with Crippen molar-refractivity contribution >= 4 is 16.0 Å². The second-order valence-corrected chi connectivity index (χ2v) is 7.41. The van der Waals surface area contributed by atoms with Crippen molar-refractivity contribution in [3.8, 4) is 0 Å². The maximum atomic E-state index is 12.5. The maximum Gasteiger partial charge on any atom is 0.393 e. The minimum atomic E-state index is -4.36. The fourth-order valence-electron chi connectivity index (χ4n) is 2.52. The topological polar surface area (TPSA) is 74.7 Å². The Kier molecular flexibility index (Phi) is 5.00. The zero-order valence-corrected chi connectivity index (χ0v) is 12.9. The van der Waals surface area contributed by atoms with Crippen molar-refractivity contribution in [2.75, 3.05) is 13.1 Å². The second kappa shape index (κ2) is 6.48. The summed E-state index contributed by atoms with van der Waals surface area (Å²) < 4.78 is 62.9. The number of carboxylic acid groups (broad SMARTS) is 1. The molecule has 0 saturated carbocycles. The van der Waals surface area contributed by atoms with Crippen molar-refractivity contribution < 1.29 is 31.5 Å². The Labute approximate surface area is 131 Å². The molecule has 1 aliphatic rings. The number of nitrogens with zero attached hydrogens (tertiary/aromatic N) is 1. The Bertz CT molecular complexity index is 670. The van der Waals surface area contributed by atoms with Crippen molar-refractivity contribution in [1.29, 1.82) is 0 Å². The first kappa shape index (κ1) is 17.7. The molecule has 1 aromatic rings. The van der Waals surface area contributed by atoms with E-state index in [2.05, 4.69) is 0 Å². The summed E-state index contributed by atoms with van der Waals surface area (Å²) in [6.07, 6.45) is -4.64. The molecule has 1 saturated heterocycles. The summed E-state index contributed by atoms with van der Waals surface area (Å²) >= 11 is 0. The van der Waals surface area contributed by atoms with E-state index in [1.165, 1.54) is 0 Å². The lowest BCUT2D eigenvalue weighted by atomic mass is 10.0. The van der Waals surface area contributed by atoms with Crippen molar-refractivity contribution in [3.05, 3.63) is 29.8 Å². The fraction of sp³-hybridized carbons (Fsp3) is 0.500. The zero-order chi connectivity index (χ0) is 17.3. The van der Waals surface area contributed by atoms with Gasteiger partial charge in [0.25, 0.3) is 0 Å². The first-order valence-corrected chi connectivity index (χ1v) is 8.42. The molecule has 5 nitrogen and oxygen atoms in total. The molecule has 1 fully saturated rings. The number of hydrogen-bond acceptors (Lipinski definition) is 3. The standard InChI is InChI=1S/C14H16F3NO4S/c15-14(16,17)8-10-3-5-12(6-4-10)23(21,22)18-7-1-2-11(9-18)13(19)20/h3-6,11H,1-2,7-9H2,(H,19,20). The van der Waals surface area contributed by atoms with Gasteiger partial charge in [0.1, 0.15) is 0 Å². The first-order chi connectivity index (χ1) is 10.6. The molecule has 1 aliphatic heterocycles. The lowest BCUT2D eigenvalue weighted by Crippen LogP contribution is -2.42. The van der Waals surface area contributed by atoms with E-state index < -0.39 is 34.5 Å². The van der Waals surface area contributed by atoms with Crippen LogP contribution in [0.2, 0.25) is 0 Å². The van der Waals surface area contributed by atoms with Crippen LogP contribution in [0.25, 0.3) is 0 Å². The molecular formula is C14H16F3NO4S. The minimum Gasteiger partial charge on any atom is -0.481 e. The van der Waals surface area contributed by atoms with Gasteiger partial charge in [-0.2, -0.15) is 17.5 Å². The van der Waals surface area contributed by atoms with Gasteiger partial charge in [-0.15, -0.1) is 0 Å². The summed E-state index contributed by atoms with van der Waals surface area (Å²) in [4.78, 5) is 10.9. The van der Waals surface area contributed by atoms with Gasteiger partial charge in [0.2, 0.25) is 10.0 Å². The number of hydrogen-bond donors (Lipinski definition) is 1. The lowest BCUT2D eigenvalue weighted by molar-refractivity contribution is -0.142. The van der Waals surface area contributed by atoms with Crippen LogP contribution in [0, 0.1) is 5.92 Å². The van der Waals surface area contributed by atoms with Gasteiger partial charge < -0.3 is 5.11 Å². The van der Waals surface area contributed by atoms with Crippen LogP contribution in [0.5, 0.6) is 0 Å². The Hall–Kier alpha value is -1.61. The van der Waals surface area contributed by atoms with E-state index in [0.29, 0.717) is 12.8 Å². The number of aliphatic carboxylic acids is 1. The Morgan fingerprint density at radius 2 is 1.87 bits per heavy atom. The summed E-state index contributed by atoms with van der Waals surface area (Å²) in [6, 6.07) is 4.50. The van der Waals surface area contributed by atoms with E-state index in [4.69, 9.17) is 5.11 Å². The van der Waals surface area contributed by atoms with E-state index in [1.54, 1.807) is 0 Å². The molecule has 128 valence electrons. The fourth-order valence-corrected chi connectivity index (χ4v) is 4.05. The molecule has 0 radical (unpaired) electrons. The molecule has 0 aliphatic carbocycles. The van der Waals surface area contributed by atoms with E-state index in [-0.39, 0.29) is 23.5 Å². The van der Waals surface area contributed by atoms with Crippen molar-refractivity contribution in [2.24, 2.45) is 5.92 Å². The average Bonchev–Trinajstić information content (AvgIpc) is 2.46. The molecule has 0 aromatic heterocycles. The molecule has 0 bridgehead atoms. The molecule has 1 aromatic carbocycles. The van der Waals surface area contributed by atoms with Crippen molar-refractivity contribution in [1.82, 2.24) is 4.31 Å². The van der Waals surface area contributed by atoms with Crippen LogP contribution in [0.1, 0.15) is 18.4 Å². The Morgan fingerprint density at radius 1 is 1.26 bits per heavy atom. The van der Waals surface area contributed by atoms with E-state index in [1.807, 2.05) is 0 Å². The number of benzene rings is 1. The van der Waals surface area contributed by atoms with Gasteiger partial charge in [-0.25, -0.2) is 8.42 Å². The number of piperidine rings is 1. The lowest BCUT2D eigenvalue weighted by Gasteiger charge is -2.29. The minimum absolute atomic E-state index is 0.0292. The Morgan fingerprint density at radius 3 is 2.39 bits per heavy atom. The first-order valence-electron chi connectivity index (χ1n) is 6.98. The predicted molar refractivity (Wildman–Crippen MR) is 75.3 cm³/mol. The summed E-state index contributed by atoms with van der Waals surface area (Å²) in [5.41, 5.74) is -0.0292. The monoisotopic (exact) mass is 351 g/mol. The highest BCUT2D eigenvalue weighted by Gasteiger charge is 2.33. The number of alkyl halides is 3. The quantitative estimate of drug-likeness (QED) is 0.903. The largest absolute Gasteiger partial charge is 0.481 e. The van der Waals surface area contributed by atoms with E-state index in [0.717, 1.165) is 28.6 Å². The molecule has 2 rings (SSSR count). The van der Waals surface area contributed by atoms with Gasteiger partial charge in [-0.1, -0.05) is 12.1 Å². The molecule has 1 atom stereocenters. The third-order valence-electron chi connectivity index (χ3n) is 3.70. The molecule has 0 spiro atoms. The smallest absolute Gasteiger partial charge is 0.393 e. The summed E-state index contributed by atoms with van der Waals surface area (Å²) in [5, 5.41) is 9.01. The van der Waals surface area contributed by atoms with Gasteiger partial charge >= 0.3 is 12.1 Å². The predicted octanol–water partition coefficient (Wildman–Crippen LogP) is 2.28. The SMILES string of the molecule is O=C(O)C1CCCN(S(=O)(=O)c2ccc(CC(F)(F)F)cc2)C1. The number of rotatable bonds is 4. The van der Waals surface area contributed by atoms with E-state index >= 15 is 0 Å². The molecule has 1 unspecified atom stereocenters. The maximum absolute atomic E-state index is 12.5. The van der Waals surface area contributed by atoms with Crippen molar-refractivity contribution in [2.45, 2.75) is 30.3 Å². The third-order valence-corrected chi connectivity index (χ3v) is 5.58. The highest BCUT2D eigenvalue weighted by Crippen LogP contribution is 2.26. The van der Waals surface area contributed by atoms with Gasteiger partial charge in [-0.3, -0.25) is 4.79 Å². The van der Waals surface area contributed by atoms with Gasteiger partial charge in [-0.05, 0) is 30.5 Å². The van der Waals surface area contributed by atoms with Crippen LogP contribution in [-0.4, -0.2) is 43.1 Å². The molecule has 23 heavy (non-hydrogen) atoms. The van der Waals surface area contributed by atoms with Gasteiger partial charge in [0.15, 0.2) is 0 Å². The zero-order valence-electron chi connectivity index (χ0n) is 12.1. The number of sulfonamides is 1. The summed E-state index contributed by atoms with van der Waals surface area (Å²) in [6.45, 7) is 0.0817. The second-order valence-electron chi connectivity index (χ2n) is 5.48. The van der Waals surface area contributed by atoms with Crippen LogP contribution in [0.4, 0.5) is 13.2 Å². The highest BCUT2D eigenvalue weighted by molar-refractivity contribution is 7.89. The summed E-state index contributed by atoms with van der Waals surface area (Å²) in [7, 11) is -3.90. The number of halogens is 3. The van der Waals surface area contributed by atoms with Crippen molar-refractivity contribution in [3.63, 3.8) is 0 Å². The molecule has 0 amide bonds. The van der Waals surface area contributed by atoms with Gasteiger partial charge in [0.05, 0.1) is 17.2 Å². The van der Waals surface area contributed by atoms with Crippen LogP contribution >= 0.6 is 0 Å². The number of carboxylic acids is 1. The van der Waals surface area contributed by atoms with Crippen LogP contribution < -0.4 is 0 Å². The number of carbonyl (C=O) groups is 1. The Balaban J connectivity index is 2.17. The van der Waals surface area contributed by atoms with E-state index in [9.17, 15) is 26.4 Å².